The Bertz CT molecular complexity index is 1330. The SMILES string of the molecule is COc1ccc(-c2nnc(SCCC(=O)Nc3cc(Cl)cc(Cl)c3)nc2-c2ccc(OC)cc2)cc1. The second-order valence-electron chi connectivity index (χ2n) is 7.55. The summed E-state index contributed by atoms with van der Waals surface area (Å²) in [6.45, 7) is 0. The van der Waals surface area contributed by atoms with Gasteiger partial charge in [-0.3, -0.25) is 4.79 Å². The predicted octanol–water partition coefficient (Wildman–Crippen LogP) is 6.65. The molecule has 0 saturated heterocycles. The summed E-state index contributed by atoms with van der Waals surface area (Å²) in [5.41, 5.74) is 3.60. The zero-order chi connectivity index (χ0) is 25.5. The summed E-state index contributed by atoms with van der Waals surface area (Å²) in [7, 11) is 3.24. The van der Waals surface area contributed by atoms with Crippen LogP contribution in [0.4, 0.5) is 5.69 Å². The van der Waals surface area contributed by atoms with Crippen molar-refractivity contribution in [2.45, 2.75) is 11.6 Å². The fourth-order valence-corrected chi connectivity index (χ4v) is 4.60. The number of rotatable bonds is 9. The van der Waals surface area contributed by atoms with Gasteiger partial charge in [-0.05, 0) is 66.7 Å². The second-order valence-corrected chi connectivity index (χ2v) is 9.49. The van der Waals surface area contributed by atoms with Gasteiger partial charge < -0.3 is 14.8 Å². The van der Waals surface area contributed by atoms with Gasteiger partial charge in [-0.25, -0.2) is 4.98 Å². The van der Waals surface area contributed by atoms with Gasteiger partial charge in [0.1, 0.15) is 22.9 Å². The molecular formula is C26H22Cl2N4O3S. The van der Waals surface area contributed by atoms with Crippen LogP contribution >= 0.6 is 35.0 Å². The molecule has 1 heterocycles. The highest BCUT2D eigenvalue weighted by atomic mass is 35.5. The van der Waals surface area contributed by atoms with Crippen molar-refractivity contribution in [2.75, 3.05) is 25.3 Å². The largest absolute Gasteiger partial charge is 0.497 e. The van der Waals surface area contributed by atoms with Crippen molar-refractivity contribution in [3.63, 3.8) is 0 Å². The van der Waals surface area contributed by atoms with Crippen molar-refractivity contribution in [2.24, 2.45) is 0 Å². The molecule has 0 aliphatic rings. The third-order valence-corrected chi connectivity index (χ3v) is 6.38. The third kappa shape index (κ3) is 6.66. The van der Waals surface area contributed by atoms with E-state index in [4.69, 9.17) is 37.7 Å². The Hall–Kier alpha value is -3.33. The maximum atomic E-state index is 12.4. The van der Waals surface area contributed by atoms with Crippen LogP contribution in [0.25, 0.3) is 22.5 Å². The molecule has 1 amide bonds. The molecule has 0 fully saturated rings. The van der Waals surface area contributed by atoms with E-state index in [0.717, 1.165) is 22.6 Å². The van der Waals surface area contributed by atoms with E-state index in [1.54, 1.807) is 32.4 Å². The molecule has 36 heavy (non-hydrogen) atoms. The maximum Gasteiger partial charge on any atom is 0.225 e. The number of nitrogens with one attached hydrogen (secondary N) is 1. The highest BCUT2D eigenvalue weighted by Crippen LogP contribution is 2.32. The molecule has 0 saturated carbocycles. The Morgan fingerprint density at radius 3 is 1.94 bits per heavy atom. The van der Waals surface area contributed by atoms with Gasteiger partial charge in [0.05, 0.1) is 14.2 Å². The van der Waals surface area contributed by atoms with Crippen LogP contribution in [-0.4, -0.2) is 41.1 Å². The van der Waals surface area contributed by atoms with Crippen LogP contribution < -0.4 is 14.8 Å². The average Bonchev–Trinajstić information content (AvgIpc) is 2.88. The molecule has 4 aromatic rings. The first-order valence-corrected chi connectivity index (χ1v) is 12.6. The van der Waals surface area contributed by atoms with Crippen molar-refractivity contribution >= 4 is 46.6 Å². The quantitative estimate of drug-likeness (QED) is 0.238. The van der Waals surface area contributed by atoms with Crippen LogP contribution in [0.1, 0.15) is 6.42 Å². The number of nitrogens with zero attached hydrogens (tertiary/aromatic N) is 3. The smallest absolute Gasteiger partial charge is 0.225 e. The number of ether oxygens (including phenoxy) is 2. The van der Waals surface area contributed by atoms with Gasteiger partial charge in [-0.15, -0.1) is 10.2 Å². The van der Waals surface area contributed by atoms with Crippen molar-refractivity contribution < 1.29 is 14.3 Å². The molecule has 7 nitrogen and oxygen atoms in total. The van der Waals surface area contributed by atoms with E-state index in [9.17, 15) is 4.79 Å². The average molecular weight is 541 g/mol. The highest BCUT2D eigenvalue weighted by molar-refractivity contribution is 7.99. The van der Waals surface area contributed by atoms with Gasteiger partial charge in [0.2, 0.25) is 11.1 Å². The fraction of sp³-hybridized carbons (Fsp3) is 0.154. The van der Waals surface area contributed by atoms with Gasteiger partial charge in [0, 0.05) is 39.0 Å². The van der Waals surface area contributed by atoms with Gasteiger partial charge in [0.25, 0.3) is 0 Å². The summed E-state index contributed by atoms with van der Waals surface area (Å²) in [4.78, 5) is 17.1. The van der Waals surface area contributed by atoms with E-state index in [1.165, 1.54) is 11.8 Å². The standard InChI is InChI=1S/C26H22Cl2N4O3S/c1-34-21-7-3-16(4-8-21)24-25(17-5-9-22(35-2)10-6-17)31-32-26(30-24)36-12-11-23(33)29-20-14-18(27)13-19(28)15-20/h3-10,13-15H,11-12H2,1-2H3,(H,29,33). The molecule has 10 heteroatoms. The lowest BCUT2D eigenvalue weighted by atomic mass is 10.0. The van der Waals surface area contributed by atoms with E-state index in [2.05, 4.69) is 15.5 Å². The van der Waals surface area contributed by atoms with E-state index in [0.29, 0.717) is 38.0 Å². The van der Waals surface area contributed by atoms with Gasteiger partial charge in [-0.2, -0.15) is 0 Å². The summed E-state index contributed by atoms with van der Waals surface area (Å²) in [5.74, 6) is 1.79. The predicted molar refractivity (Wildman–Crippen MR) is 144 cm³/mol. The zero-order valence-corrected chi connectivity index (χ0v) is 21.8. The van der Waals surface area contributed by atoms with Crippen molar-refractivity contribution in [1.82, 2.24) is 15.2 Å². The van der Waals surface area contributed by atoms with E-state index in [1.807, 2.05) is 48.5 Å². The molecule has 0 unspecified atom stereocenters. The number of anilines is 1. The lowest BCUT2D eigenvalue weighted by molar-refractivity contribution is -0.115. The molecule has 0 atom stereocenters. The molecule has 0 radical (unpaired) electrons. The van der Waals surface area contributed by atoms with Gasteiger partial charge in [0.15, 0.2) is 0 Å². The number of aromatic nitrogens is 3. The van der Waals surface area contributed by atoms with Gasteiger partial charge in [-0.1, -0.05) is 35.0 Å². The monoisotopic (exact) mass is 540 g/mol. The van der Waals surface area contributed by atoms with Crippen LogP contribution in [0, 0.1) is 0 Å². The Balaban J connectivity index is 1.51. The number of amides is 1. The molecular weight excluding hydrogens is 519 g/mol. The number of thioether (sulfide) groups is 1. The lowest BCUT2D eigenvalue weighted by Gasteiger charge is -2.11. The number of carbonyl (C=O) groups is 1. The number of hydrogen-bond donors (Lipinski definition) is 1. The summed E-state index contributed by atoms with van der Waals surface area (Å²) < 4.78 is 10.5. The first-order chi connectivity index (χ1) is 17.4. The van der Waals surface area contributed by atoms with Crippen LogP contribution in [0.2, 0.25) is 10.0 Å². The second kappa shape index (κ2) is 12.1. The topological polar surface area (TPSA) is 86.2 Å². The minimum absolute atomic E-state index is 0.168. The van der Waals surface area contributed by atoms with Crippen molar-refractivity contribution in [3.05, 3.63) is 76.8 Å². The summed E-state index contributed by atoms with van der Waals surface area (Å²) in [6, 6.07) is 20.0. The molecule has 4 rings (SSSR count). The first-order valence-electron chi connectivity index (χ1n) is 10.9. The lowest BCUT2D eigenvalue weighted by Crippen LogP contribution is -2.12. The van der Waals surface area contributed by atoms with Crippen molar-refractivity contribution in [3.8, 4) is 34.0 Å². The number of hydrogen-bond acceptors (Lipinski definition) is 7. The minimum atomic E-state index is -0.168. The Kier molecular flexibility index (Phi) is 8.64. The van der Waals surface area contributed by atoms with Crippen LogP contribution in [0.15, 0.2) is 71.9 Å². The van der Waals surface area contributed by atoms with E-state index >= 15 is 0 Å². The van der Waals surface area contributed by atoms with E-state index < -0.39 is 0 Å². The number of carbonyl (C=O) groups excluding carboxylic acids is 1. The normalized spacial score (nSPS) is 10.7. The molecule has 1 N–H and O–H groups in total. The molecule has 1 aromatic heterocycles. The van der Waals surface area contributed by atoms with Crippen LogP contribution in [0.5, 0.6) is 11.5 Å². The fourth-order valence-electron chi connectivity index (χ4n) is 3.35. The Morgan fingerprint density at radius 1 is 0.833 bits per heavy atom. The van der Waals surface area contributed by atoms with Crippen LogP contribution in [0.3, 0.4) is 0 Å². The minimum Gasteiger partial charge on any atom is -0.497 e. The maximum absolute atomic E-state index is 12.4. The Morgan fingerprint density at radius 2 is 1.39 bits per heavy atom. The highest BCUT2D eigenvalue weighted by Gasteiger charge is 2.15. The number of benzene rings is 3. The van der Waals surface area contributed by atoms with Gasteiger partial charge >= 0.3 is 0 Å². The molecule has 0 bridgehead atoms. The molecule has 3 aromatic carbocycles. The molecule has 184 valence electrons. The van der Waals surface area contributed by atoms with Crippen LogP contribution in [-0.2, 0) is 4.79 Å². The third-order valence-electron chi connectivity index (χ3n) is 5.10. The van der Waals surface area contributed by atoms with E-state index in [-0.39, 0.29) is 12.3 Å². The number of methoxy groups -OCH3 is 2. The zero-order valence-electron chi connectivity index (χ0n) is 19.5. The molecule has 0 aliphatic heterocycles. The summed E-state index contributed by atoms with van der Waals surface area (Å²) in [5, 5.41) is 12.9. The summed E-state index contributed by atoms with van der Waals surface area (Å²) >= 11 is 13.3. The Labute approximate surface area is 223 Å². The summed E-state index contributed by atoms with van der Waals surface area (Å²) in [6.07, 6.45) is 0.246. The van der Waals surface area contributed by atoms with Crippen molar-refractivity contribution in [1.29, 1.82) is 0 Å². The molecule has 0 aliphatic carbocycles. The first kappa shape index (κ1) is 25.8. The molecule has 0 spiro atoms. The number of halogens is 2.